The molecule has 2 heterocycles. The molecule has 5 aromatic rings. The standard InChI is InChI=1S/C24H22N4/c1-2-8-18(9-3-1)16-28-17-19(20-10-4-7-13-23(20)28)14-25-15-24-26-21-11-5-6-12-22(21)27-24/h1-13,17,25H,14-16H2,(H,26,27). The van der Waals surface area contributed by atoms with Gasteiger partial charge in [-0.05, 0) is 29.3 Å². The van der Waals surface area contributed by atoms with Crippen molar-refractivity contribution in [3.8, 4) is 0 Å². The van der Waals surface area contributed by atoms with Gasteiger partial charge in [0, 0.05) is 30.2 Å². The molecule has 0 aliphatic carbocycles. The highest BCUT2D eigenvalue weighted by Gasteiger charge is 2.09. The fraction of sp³-hybridized carbons (Fsp3) is 0.125. The average molecular weight is 366 g/mol. The summed E-state index contributed by atoms with van der Waals surface area (Å²) in [5.41, 5.74) is 5.98. The van der Waals surface area contributed by atoms with Crippen LogP contribution in [0.3, 0.4) is 0 Å². The number of aromatic amines is 1. The first kappa shape index (κ1) is 16.8. The molecule has 2 N–H and O–H groups in total. The van der Waals surface area contributed by atoms with E-state index in [4.69, 9.17) is 0 Å². The van der Waals surface area contributed by atoms with Gasteiger partial charge in [-0.25, -0.2) is 4.98 Å². The SMILES string of the molecule is c1ccc(Cn2cc(CNCc3nc4ccccc4[nH]3)c3ccccc32)cc1. The van der Waals surface area contributed by atoms with Crippen molar-refractivity contribution in [2.45, 2.75) is 19.6 Å². The Balaban J connectivity index is 1.35. The number of H-pyrrole nitrogens is 1. The van der Waals surface area contributed by atoms with Gasteiger partial charge >= 0.3 is 0 Å². The number of imidazole rings is 1. The molecule has 4 nitrogen and oxygen atoms in total. The van der Waals surface area contributed by atoms with Gasteiger partial charge in [0.05, 0.1) is 17.6 Å². The Bertz CT molecular complexity index is 1180. The number of rotatable bonds is 6. The van der Waals surface area contributed by atoms with Crippen LogP contribution in [0.2, 0.25) is 0 Å². The maximum Gasteiger partial charge on any atom is 0.121 e. The second kappa shape index (κ2) is 7.33. The summed E-state index contributed by atoms with van der Waals surface area (Å²) in [5, 5.41) is 4.84. The molecular weight excluding hydrogens is 344 g/mol. The Morgan fingerprint density at radius 2 is 1.61 bits per heavy atom. The van der Waals surface area contributed by atoms with Crippen LogP contribution in [0.15, 0.2) is 85.1 Å². The number of benzene rings is 3. The third-order valence-corrected chi connectivity index (χ3v) is 5.11. The van der Waals surface area contributed by atoms with Gasteiger partial charge < -0.3 is 14.9 Å². The molecule has 0 aliphatic heterocycles. The number of aromatic nitrogens is 3. The summed E-state index contributed by atoms with van der Waals surface area (Å²) in [7, 11) is 0. The first-order chi connectivity index (χ1) is 13.9. The number of fused-ring (bicyclic) bond motifs is 2. The lowest BCUT2D eigenvalue weighted by molar-refractivity contribution is 0.670. The van der Waals surface area contributed by atoms with Crippen LogP contribution in [0, 0.1) is 0 Å². The molecule has 5 rings (SSSR count). The lowest BCUT2D eigenvalue weighted by Gasteiger charge is -2.05. The van der Waals surface area contributed by atoms with Gasteiger partial charge in [0.2, 0.25) is 0 Å². The van der Waals surface area contributed by atoms with Crippen molar-refractivity contribution < 1.29 is 0 Å². The minimum Gasteiger partial charge on any atom is -0.343 e. The Labute approximate surface area is 163 Å². The van der Waals surface area contributed by atoms with E-state index in [9.17, 15) is 0 Å². The largest absolute Gasteiger partial charge is 0.343 e. The van der Waals surface area contributed by atoms with E-state index >= 15 is 0 Å². The molecule has 28 heavy (non-hydrogen) atoms. The Kier molecular flexibility index (Phi) is 4.39. The summed E-state index contributed by atoms with van der Waals surface area (Å²) >= 11 is 0. The van der Waals surface area contributed by atoms with Crippen molar-refractivity contribution in [3.05, 3.63) is 102 Å². The van der Waals surface area contributed by atoms with Gasteiger partial charge in [0.25, 0.3) is 0 Å². The van der Waals surface area contributed by atoms with Crippen LogP contribution in [0.4, 0.5) is 0 Å². The molecule has 138 valence electrons. The van der Waals surface area contributed by atoms with Crippen LogP contribution < -0.4 is 5.32 Å². The summed E-state index contributed by atoms with van der Waals surface area (Å²) in [6, 6.07) is 27.3. The molecule has 0 atom stereocenters. The van der Waals surface area contributed by atoms with Crippen molar-refractivity contribution >= 4 is 21.9 Å². The summed E-state index contributed by atoms with van der Waals surface area (Å²) in [5.74, 6) is 0.967. The van der Waals surface area contributed by atoms with E-state index in [2.05, 4.69) is 86.7 Å². The molecule has 0 spiro atoms. The first-order valence-electron chi connectivity index (χ1n) is 9.62. The van der Waals surface area contributed by atoms with E-state index in [0.29, 0.717) is 6.54 Å². The quantitative estimate of drug-likeness (QED) is 0.451. The van der Waals surface area contributed by atoms with Crippen LogP contribution in [0.1, 0.15) is 17.0 Å². The monoisotopic (exact) mass is 366 g/mol. The molecule has 0 bridgehead atoms. The molecule has 0 saturated carbocycles. The third kappa shape index (κ3) is 3.30. The predicted molar refractivity (Wildman–Crippen MR) is 114 cm³/mol. The van der Waals surface area contributed by atoms with Crippen molar-refractivity contribution in [2.24, 2.45) is 0 Å². The van der Waals surface area contributed by atoms with Crippen molar-refractivity contribution in [1.29, 1.82) is 0 Å². The van der Waals surface area contributed by atoms with E-state index in [0.717, 1.165) is 29.9 Å². The highest BCUT2D eigenvalue weighted by molar-refractivity contribution is 5.84. The Morgan fingerprint density at radius 3 is 2.50 bits per heavy atom. The number of nitrogens with zero attached hydrogens (tertiary/aromatic N) is 2. The van der Waals surface area contributed by atoms with Crippen LogP contribution in [-0.2, 0) is 19.6 Å². The second-order valence-corrected chi connectivity index (χ2v) is 7.09. The predicted octanol–water partition coefficient (Wildman–Crippen LogP) is 4.86. The molecule has 2 aromatic heterocycles. The topological polar surface area (TPSA) is 45.6 Å². The summed E-state index contributed by atoms with van der Waals surface area (Å²) < 4.78 is 2.34. The lowest BCUT2D eigenvalue weighted by Crippen LogP contribution is -2.13. The van der Waals surface area contributed by atoms with Gasteiger partial charge in [0.15, 0.2) is 0 Å². The average Bonchev–Trinajstić information content (AvgIpc) is 3.30. The van der Waals surface area contributed by atoms with Gasteiger partial charge in [0.1, 0.15) is 5.82 Å². The second-order valence-electron chi connectivity index (χ2n) is 7.09. The smallest absolute Gasteiger partial charge is 0.121 e. The zero-order valence-corrected chi connectivity index (χ0v) is 15.6. The normalized spacial score (nSPS) is 11.4. The fourth-order valence-corrected chi connectivity index (χ4v) is 3.78. The highest BCUT2D eigenvalue weighted by atomic mass is 15.0. The van der Waals surface area contributed by atoms with Gasteiger partial charge in [-0.1, -0.05) is 60.7 Å². The maximum absolute atomic E-state index is 4.64. The molecule has 0 aliphatic rings. The summed E-state index contributed by atoms with van der Waals surface area (Å²) in [6.07, 6.45) is 2.27. The maximum atomic E-state index is 4.64. The third-order valence-electron chi connectivity index (χ3n) is 5.11. The number of para-hydroxylation sites is 3. The zero-order chi connectivity index (χ0) is 18.8. The number of hydrogen-bond donors (Lipinski definition) is 2. The summed E-state index contributed by atoms with van der Waals surface area (Å²) in [4.78, 5) is 8.02. The van der Waals surface area contributed by atoms with Crippen LogP contribution in [0.5, 0.6) is 0 Å². The van der Waals surface area contributed by atoms with Gasteiger partial charge in [-0.2, -0.15) is 0 Å². The van der Waals surface area contributed by atoms with E-state index in [1.165, 1.54) is 22.0 Å². The van der Waals surface area contributed by atoms with Crippen LogP contribution in [0.25, 0.3) is 21.9 Å². The number of hydrogen-bond acceptors (Lipinski definition) is 2. The highest BCUT2D eigenvalue weighted by Crippen LogP contribution is 2.22. The van der Waals surface area contributed by atoms with E-state index in [-0.39, 0.29) is 0 Å². The molecule has 4 heteroatoms. The fourth-order valence-electron chi connectivity index (χ4n) is 3.78. The van der Waals surface area contributed by atoms with E-state index < -0.39 is 0 Å². The van der Waals surface area contributed by atoms with Gasteiger partial charge in [-0.15, -0.1) is 0 Å². The molecule has 0 fully saturated rings. The van der Waals surface area contributed by atoms with Crippen molar-refractivity contribution in [1.82, 2.24) is 19.9 Å². The molecule has 3 aromatic carbocycles. The van der Waals surface area contributed by atoms with Crippen LogP contribution >= 0.6 is 0 Å². The molecular formula is C24H22N4. The Hall–Kier alpha value is -3.37. The summed E-state index contributed by atoms with van der Waals surface area (Å²) in [6.45, 7) is 2.40. The first-order valence-corrected chi connectivity index (χ1v) is 9.62. The van der Waals surface area contributed by atoms with Crippen molar-refractivity contribution in [3.63, 3.8) is 0 Å². The molecule has 0 saturated heterocycles. The van der Waals surface area contributed by atoms with Crippen LogP contribution in [-0.4, -0.2) is 14.5 Å². The Morgan fingerprint density at radius 1 is 0.821 bits per heavy atom. The van der Waals surface area contributed by atoms with E-state index in [1.807, 2.05) is 18.2 Å². The lowest BCUT2D eigenvalue weighted by atomic mass is 10.2. The number of nitrogens with one attached hydrogen (secondary N) is 2. The molecule has 0 radical (unpaired) electrons. The minimum absolute atomic E-state index is 0.715. The zero-order valence-electron chi connectivity index (χ0n) is 15.6. The minimum atomic E-state index is 0.715. The van der Waals surface area contributed by atoms with Gasteiger partial charge in [-0.3, -0.25) is 0 Å². The van der Waals surface area contributed by atoms with Crippen molar-refractivity contribution in [2.75, 3.05) is 0 Å². The molecule has 0 amide bonds. The van der Waals surface area contributed by atoms with E-state index in [1.54, 1.807) is 0 Å². The molecule has 0 unspecified atom stereocenters.